The van der Waals surface area contributed by atoms with Crippen LogP contribution in [0.25, 0.3) is 10.2 Å². The Kier molecular flexibility index (Phi) is 9.55. The van der Waals surface area contributed by atoms with E-state index in [0.29, 0.717) is 30.6 Å². The van der Waals surface area contributed by atoms with Crippen LogP contribution in [0, 0.1) is 20.2 Å². The van der Waals surface area contributed by atoms with Crippen molar-refractivity contribution < 1.29 is 24.2 Å². The number of carbonyl (C=O) groups is 2. The molecule has 41 heavy (non-hydrogen) atoms. The third-order valence-corrected chi connectivity index (χ3v) is 7.65. The quantitative estimate of drug-likeness (QED) is 0.127. The van der Waals surface area contributed by atoms with Crippen LogP contribution in [0.5, 0.6) is 0 Å². The second-order valence-corrected chi connectivity index (χ2v) is 10.6. The van der Waals surface area contributed by atoms with Crippen molar-refractivity contribution in [1.82, 2.24) is 15.7 Å². The van der Waals surface area contributed by atoms with Crippen molar-refractivity contribution in [2.45, 2.75) is 28.6 Å². The van der Waals surface area contributed by atoms with Crippen LogP contribution in [0.15, 0.2) is 81.1 Å². The lowest BCUT2D eigenvalue weighted by atomic mass is 10.0. The summed E-state index contributed by atoms with van der Waals surface area (Å²) >= 11 is 2.26. The molecule has 0 spiro atoms. The van der Waals surface area contributed by atoms with Crippen LogP contribution < -0.4 is 10.7 Å². The largest absolute Gasteiger partial charge is 0.450 e. The first-order chi connectivity index (χ1) is 19.7. The predicted octanol–water partition coefficient (Wildman–Crippen LogP) is 5.59. The maximum Gasteiger partial charge on any atom is 0.407 e. The van der Waals surface area contributed by atoms with Crippen LogP contribution in [0.2, 0.25) is 0 Å². The number of non-ortho nitro benzene ring substituents is 1. The van der Waals surface area contributed by atoms with E-state index in [4.69, 9.17) is 4.74 Å². The number of hydrogen-bond acceptors (Lipinski definition) is 11. The number of aromatic nitrogens is 1. The number of fused-ring (bicyclic) bond motifs is 1. The fourth-order valence-electron chi connectivity index (χ4n) is 3.65. The van der Waals surface area contributed by atoms with Crippen LogP contribution in [0.4, 0.5) is 16.2 Å². The van der Waals surface area contributed by atoms with Crippen molar-refractivity contribution in [2.75, 3.05) is 6.61 Å². The number of carbonyl (C=O) groups excluding carboxylic acids is 2. The summed E-state index contributed by atoms with van der Waals surface area (Å²) in [5.74, 6) is -0.496. The number of nitrogens with zero attached hydrogens (tertiary/aromatic N) is 4. The predicted molar refractivity (Wildman–Crippen MR) is 153 cm³/mol. The number of benzene rings is 3. The molecule has 0 saturated carbocycles. The molecule has 0 unspecified atom stereocenters. The number of hydrazone groups is 1. The zero-order valence-electron chi connectivity index (χ0n) is 21.4. The molecule has 1 heterocycles. The number of nitrogens with one attached hydrogen (secondary N) is 2. The molecular formula is C26H22N6O7S2. The van der Waals surface area contributed by atoms with Gasteiger partial charge in [-0.25, -0.2) is 15.2 Å². The molecule has 0 bridgehead atoms. The lowest BCUT2D eigenvalue weighted by Gasteiger charge is -2.18. The molecule has 13 nitrogen and oxygen atoms in total. The molecule has 4 aromatic rings. The molecule has 0 aliphatic rings. The second kappa shape index (κ2) is 13.5. The van der Waals surface area contributed by atoms with E-state index in [0.717, 1.165) is 11.8 Å². The Morgan fingerprint density at radius 3 is 2.59 bits per heavy atom. The first-order valence-electron chi connectivity index (χ1n) is 12.0. The minimum atomic E-state index is -0.657. The van der Waals surface area contributed by atoms with E-state index in [2.05, 4.69) is 20.8 Å². The zero-order chi connectivity index (χ0) is 29.4. The topological polar surface area (TPSA) is 179 Å². The summed E-state index contributed by atoms with van der Waals surface area (Å²) in [5, 5.41) is 29.4. The highest BCUT2D eigenvalue weighted by atomic mass is 32.2. The van der Waals surface area contributed by atoms with Gasteiger partial charge in [0.15, 0.2) is 4.34 Å². The Morgan fingerprint density at radius 2 is 1.88 bits per heavy atom. The van der Waals surface area contributed by atoms with Crippen molar-refractivity contribution in [3.63, 3.8) is 0 Å². The maximum atomic E-state index is 12.5. The fourth-order valence-corrected chi connectivity index (χ4v) is 5.79. The van der Waals surface area contributed by atoms with Gasteiger partial charge in [-0.1, -0.05) is 48.2 Å². The molecule has 0 saturated heterocycles. The third-order valence-electron chi connectivity index (χ3n) is 5.50. The second-order valence-electron chi connectivity index (χ2n) is 8.30. The average Bonchev–Trinajstić information content (AvgIpc) is 3.35. The van der Waals surface area contributed by atoms with Gasteiger partial charge in [0.05, 0.1) is 50.2 Å². The average molecular weight is 595 g/mol. The van der Waals surface area contributed by atoms with Gasteiger partial charge in [-0.2, -0.15) is 5.10 Å². The maximum absolute atomic E-state index is 12.5. The molecule has 2 N–H and O–H groups in total. The Hall–Kier alpha value is -4.89. The van der Waals surface area contributed by atoms with Crippen molar-refractivity contribution in [2.24, 2.45) is 5.10 Å². The number of amides is 2. The van der Waals surface area contributed by atoms with Gasteiger partial charge in [-0.05, 0) is 24.6 Å². The van der Waals surface area contributed by atoms with Gasteiger partial charge in [0.2, 0.25) is 5.91 Å². The Bertz CT molecular complexity index is 1630. The van der Waals surface area contributed by atoms with Crippen LogP contribution in [-0.2, 0) is 9.53 Å². The Balaban J connectivity index is 1.43. The summed E-state index contributed by atoms with van der Waals surface area (Å²) in [6, 6.07) is 17.0. The monoisotopic (exact) mass is 594 g/mol. The highest BCUT2D eigenvalue weighted by Gasteiger charge is 2.20. The molecule has 15 heteroatoms. The van der Waals surface area contributed by atoms with Crippen molar-refractivity contribution in [3.8, 4) is 0 Å². The Morgan fingerprint density at radius 1 is 1.10 bits per heavy atom. The number of ether oxygens (including phenoxy) is 1. The molecule has 0 fully saturated rings. The smallest absolute Gasteiger partial charge is 0.407 e. The number of nitro benzene ring substituents is 2. The molecule has 210 valence electrons. The highest BCUT2D eigenvalue weighted by molar-refractivity contribution is 8.01. The van der Waals surface area contributed by atoms with Crippen LogP contribution in [0.3, 0.4) is 0 Å². The third kappa shape index (κ3) is 7.83. The van der Waals surface area contributed by atoms with Gasteiger partial charge >= 0.3 is 6.09 Å². The minimum Gasteiger partial charge on any atom is -0.450 e. The van der Waals surface area contributed by atoms with Gasteiger partial charge in [0, 0.05) is 23.8 Å². The van der Waals surface area contributed by atoms with Gasteiger partial charge in [0.1, 0.15) is 0 Å². The number of hydrogen-bond donors (Lipinski definition) is 2. The van der Waals surface area contributed by atoms with Gasteiger partial charge in [0.25, 0.3) is 11.4 Å². The lowest BCUT2D eigenvalue weighted by Crippen LogP contribution is -2.33. The fraction of sp³-hybridized carbons (Fsp3) is 0.154. The summed E-state index contributed by atoms with van der Waals surface area (Å²) < 4.78 is 6.01. The minimum absolute atomic E-state index is 0.0646. The van der Waals surface area contributed by atoms with Crippen LogP contribution in [-0.4, -0.2) is 39.7 Å². The van der Waals surface area contributed by atoms with E-state index < -0.39 is 27.9 Å². The zero-order valence-corrected chi connectivity index (χ0v) is 23.0. The molecule has 4 rings (SSSR count). The van der Waals surface area contributed by atoms with Crippen molar-refractivity contribution >= 4 is 62.9 Å². The summed E-state index contributed by atoms with van der Waals surface area (Å²) in [4.78, 5) is 51.0. The molecule has 0 aliphatic heterocycles. The summed E-state index contributed by atoms with van der Waals surface area (Å²) in [6.45, 7) is 1.85. The van der Waals surface area contributed by atoms with Gasteiger partial charge in [-0.3, -0.25) is 25.0 Å². The normalized spacial score (nSPS) is 11.7. The Labute approximate surface area is 240 Å². The molecule has 1 aromatic heterocycles. The van der Waals surface area contributed by atoms with E-state index in [-0.39, 0.29) is 24.4 Å². The van der Waals surface area contributed by atoms with Crippen molar-refractivity contribution in [3.05, 3.63) is 98.1 Å². The van der Waals surface area contributed by atoms with Gasteiger partial charge < -0.3 is 10.1 Å². The lowest BCUT2D eigenvalue weighted by molar-refractivity contribution is -0.387. The summed E-state index contributed by atoms with van der Waals surface area (Å²) in [6.07, 6.45) is 0.489. The molecule has 1 atom stereocenters. The van der Waals surface area contributed by atoms with Crippen LogP contribution >= 0.6 is 23.1 Å². The summed E-state index contributed by atoms with van der Waals surface area (Å²) in [5.41, 5.74) is 3.74. The number of nitro groups is 2. The van der Waals surface area contributed by atoms with E-state index in [1.165, 1.54) is 47.9 Å². The molecule has 0 radical (unpaired) electrons. The van der Waals surface area contributed by atoms with E-state index >= 15 is 0 Å². The molecule has 3 aromatic carbocycles. The molecule has 0 aliphatic carbocycles. The first-order valence-corrected chi connectivity index (χ1v) is 13.7. The molecular weight excluding hydrogens is 572 g/mol. The number of alkyl carbamates (subject to hydrolysis) is 1. The molecule has 2 amide bonds. The van der Waals surface area contributed by atoms with Crippen molar-refractivity contribution in [1.29, 1.82) is 0 Å². The van der Waals surface area contributed by atoms with E-state index in [9.17, 15) is 29.8 Å². The first kappa shape index (κ1) is 29.1. The highest BCUT2D eigenvalue weighted by Crippen LogP contribution is 2.39. The standard InChI is InChI=1S/C26H22N6O7S2/c1-2-39-25(34)28-20(17-6-4-3-5-7-17)14-24(33)30-27-15-16-8-11-22(21(12-16)32(37)38)40-26-29-19-10-9-18(31(35)36)13-23(19)41-26/h3-13,15,20H,2,14H2,1H3,(H,28,34)(H,30,33)/b27-15-/t20-/m0/s1. The SMILES string of the molecule is CCOC(=O)N[C@@H](CC(=O)N/N=C\c1ccc(Sc2nc3ccc([N+](=O)[O-])cc3s2)c([N+](=O)[O-])c1)c1ccccc1. The van der Waals surface area contributed by atoms with E-state index in [1.807, 2.05) is 6.07 Å². The van der Waals surface area contributed by atoms with Gasteiger partial charge in [-0.15, -0.1) is 11.3 Å². The summed E-state index contributed by atoms with van der Waals surface area (Å²) in [7, 11) is 0. The van der Waals surface area contributed by atoms with Crippen LogP contribution in [0.1, 0.15) is 30.5 Å². The number of rotatable bonds is 11. The van der Waals surface area contributed by atoms with E-state index in [1.54, 1.807) is 37.3 Å². The number of thiazole rings is 1.